The number of aliphatic carboxylic acids is 1. The Morgan fingerprint density at radius 3 is 2.38 bits per heavy atom. The number of nitrogens with zero attached hydrogens (tertiary/aromatic N) is 2. The minimum Gasteiger partial charge on any atom is -0.504 e. The molecule has 3 aromatic rings. The van der Waals surface area contributed by atoms with Gasteiger partial charge in [0.05, 0.1) is 51.7 Å². The summed E-state index contributed by atoms with van der Waals surface area (Å²) in [6, 6.07) is 15.0. The van der Waals surface area contributed by atoms with Crippen LogP contribution in [-0.4, -0.2) is 70.5 Å². The zero-order chi connectivity index (χ0) is 37.9. The standard InChI is InChI=1S/C38H34Cl2IN3O9/c1-52-21-8-5-19(6-9-21)38-25(35(49)44(37(38)51)42-28-12-7-20(39)16-26(28)40)17-24-22(32(38)18-14-27(41)33(47)29(15-18)53-2)10-11-23-31(24)36(50)43(34(23)48)13-3-4-30(45)46/h5-10,12,14-16,23-25,31-32,42,47H,3-4,11,13,17H2,1-2H3,(H,45,46). The average molecular weight is 875 g/mol. The van der Waals surface area contributed by atoms with Crippen molar-refractivity contribution >= 4 is 81.1 Å². The minimum absolute atomic E-state index is 0.0357. The molecule has 4 amide bonds. The van der Waals surface area contributed by atoms with Crippen LogP contribution in [0.15, 0.2) is 66.2 Å². The number of hydrogen-bond acceptors (Lipinski definition) is 9. The summed E-state index contributed by atoms with van der Waals surface area (Å²) in [5.74, 6) is -6.47. The predicted octanol–water partition coefficient (Wildman–Crippen LogP) is 6.17. The molecule has 15 heteroatoms. The molecule has 2 aliphatic carbocycles. The summed E-state index contributed by atoms with van der Waals surface area (Å²) in [7, 11) is 2.94. The number of carboxylic acid groups (broad SMARTS) is 1. The minimum atomic E-state index is -1.59. The molecule has 2 heterocycles. The molecule has 2 aliphatic heterocycles. The number of amides is 4. The molecule has 2 saturated heterocycles. The van der Waals surface area contributed by atoms with E-state index in [-0.39, 0.29) is 60.3 Å². The number of anilines is 1. The van der Waals surface area contributed by atoms with Crippen LogP contribution in [0.25, 0.3) is 0 Å². The topological polar surface area (TPSA) is 163 Å². The Kier molecular flexibility index (Phi) is 9.87. The van der Waals surface area contributed by atoms with Gasteiger partial charge in [0.25, 0.3) is 11.8 Å². The van der Waals surface area contributed by atoms with Crippen molar-refractivity contribution in [2.24, 2.45) is 23.7 Å². The third kappa shape index (κ3) is 5.91. The predicted molar refractivity (Wildman–Crippen MR) is 202 cm³/mol. The van der Waals surface area contributed by atoms with E-state index in [9.17, 15) is 29.4 Å². The number of methoxy groups -OCH3 is 2. The first kappa shape index (κ1) is 37.0. The molecule has 0 bridgehead atoms. The van der Waals surface area contributed by atoms with Gasteiger partial charge in [0.2, 0.25) is 11.8 Å². The molecule has 276 valence electrons. The van der Waals surface area contributed by atoms with Crippen LogP contribution in [0.3, 0.4) is 0 Å². The Labute approximate surface area is 328 Å². The number of phenols is 1. The molecular weight excluding hydrogens is 840 g/mol. The Hall–Kier alpha value is -4.34. The van der Waals surface area contributed by atoms with Crippen LogP contribution in [0.1, 0.15) is 42.7 Å². The maximum Gasteiger partial charge on any atom is 0.303 e. The van der Waals surface area contributed by atoms with E-state index in [1.54, 1.807) is 48.5 Å². The third-order valence-electron chi connectivity index (χ3n) is 11.0. The lowest BCUT2D eigenvalue weighted by Gasteiger charge is -2.50. The lowest BCUT2D eigenvalue weighted by atomic mass is 9.49. The molecule has 0 radical (unpaired) electrons. The summed E-state index contributed by atoms with van der Waals surface area (Å²) in [6.45, 7) is -0.0357. The molecule has 0 aromatic heterocycles. The van der Waals surface area contributed by atoms with E-state index in [4.69, 9.17) is 32.7 Å². The van der Waals surface area contributed by atoms with Gasteiger partial charge in [-0.2, -0.15) is 5.01 Å². The normalized spacial score (nSPS) is 26.2. The number of ether oxygens (including phenoxy) is 2. The van der Waals surface area contributed by atoms with Crippen LogP contribution in [0.4, 0.5) is 5.69 Å². The molecule has 4 aliphatic rings. The van der Waals surface area contributed by atoms with Crippen LogP contribution in [0.5, 0.6) is 17.2 Å². The number of carboxylic acids is 1. The smallest absolute Gasteiger partial charge is 0.303 e. The molecule has 12 nitrogen and oxygen atoms in total. The highest BCUT2D eigenvalue weighted by atomic mass is 127. The molecule has 3 N–H and O–H groups in total. The lowest BCUT2D eigenvalue weighted by Crippen LogP contribution is -2.53. The summed E-state index contributed by atoms with van der Waals surface area (Å²) >= 11 is 14.7. The van der Waals surface area contributed by atoms with Crippen molar-refractivity contribution < 1.29 is 43.7 Å². The van der Waals surface area contributed by atoms with Gasteiger partial charge in [-0.05, 0) is 101 Å². The molecule has 53 heavy (non-hydrogen) atoms. The van der Waals surface area contributed by atoms with E-state index in [0.717, 1.165) is 9.91 Å². The van der Waals surface area contributed by atoms with Crippen molar-refractivity contribution in [3.63, 3.8) is 0 Å². The van der Waals surface area contributed by atoms with Crippen molar-refractivity contribution in [3.05, 3.63) is 91.0 Å². The lowest BCUT2D eigenvalue weighted by molar-refractivity contribution is -0.142. The fourth-order valence-corrected chi connectivity index (χ4v) is 9.88. The number of carbonyl (C=O) groups excluding carboxylic acids is 4. The molecule has 1 saturated carbocycles. The monoisotopic (exact) mass is 873 g/mol. The highest BCUT2D eigenvalue weighted by molar-refractivity contribution is 14.1. The van der Waals surface area contributed by atoms with Crippen molar-refractivity contribution in [1.29, 1.82) is 0 Å². The van der Waals surface area contributed by atoms with Crippen LogP contribution in [-0.2, 0) is 29.4 Å². The number of allylic oxidation sites excluding steroid dienone is 2. The van der Waals surface area contributed by atoms with Gasteiger partial charge in [0.15, 0.2) is 11.5 Å². The van der Waals surface area contributed by atoms with Gasteiger partial charge >= 0.3 is 5.97 Å². The SMILES string of the molecule is COc1ccc(C23C(=O)N(Nc4ccc(Cl)cc4Cl)C(=O)C2CC2C(=CCC4C(=O)N(CCCC(=O)O)C(=O)C42)C3c2cc(I)c(O)c(OC)c2)cc1. The van der Waals surface area contributed by atoms with Crippen LogP contribution in [0, 0.1) is 27.2 Å². The maximum atomic E-state index is 15.4. The van der Waals surface area contributed by atoms with Gasteiger partial charge in [-0.25, -0.2) is 0 Å². The van der Waals surface area contributed by atoms with E-state index in [1.165, 1.54) is 20.3 Å². The number of nitrogens with one attached hydrogen (secondary N) is 1. The van der Waals surface area contributed by atoms with E-state index < -0.39 is 58.7 Å². The van der Waals surface area contributed by atoms with Gasteiger partial charge in [-0.15, -0.1) is 0 Å². The number of hydrazine groups is 1. The summed E-state index contributed by atoms with van der Waals surface area (Å²) in [4.78, 5) is 70.6. The third-order valence-corrected chi connectivity index (χ3v) is 12.4. The van der Waals surface area contributed by atoms with Crippen molar-refractivity contribution in [2.75, 3.05) is 26.2 Å². The number of aromatic hydroxyl groups is 1. The number of halogens is 3. The Balaban J connectivity index is 1.44. The largest absolute Gasteiger partial charge is 0.504 e. The van der Waals surface area contributed by atoms with Crippen molar-refractivity contribution in [3.8, 4) is 17.2 Å². The number of benzene rings is 3. The number of hydrogen-bond donors (Lipinski definition) is 3. The molecule has 6 unspecified atom stereocenters. The first-order chi connectivity index (χ1) is 25.3. The van der Waals surface area contributed by atoms with Crippen LogP contribution < -0.4 is 14.9 Å². The zero-order valence-electron chi connectivity index (χ0n) is 28.5. The molecule has 6 atom stereocenters. The Morgan fingerprint density at radius 1 is 0.981 bits per heavy atom. The number of phenolic OH excluding ortho intramolecular Hbond substituents is 1. The van der Waals surface area contributed by atoms with Gasteiger partial charge in [0, 0.05) is 23.9 Å². The van der Waals surface area contributed by atoms with Gasteiger partial charge < -0.3 is 19.7 Å². The number of likely N-dealkylation sites (tertiary alicyclic amines) is 1. The molecular formula is C38H34Cl2IN3O9. The molecule has 3 aromatic carbocycles. The van der Waals surface area contributed by atoms with Crippen LogP contribution >= 0.6 is 45.8 Å². The van der Waals surface area contributed by atoms with E-state index in [0.29, 0.717) is 31.0 Å². The number of fused-ring (bicyclic) bond motifs is 4. The van der Waals surface area contributed by atoms with Gasteiger partial charge in [-0.3, -0.25) is 34.3 Å². The van der Waals surface area contributed by atoms with Crippen molar-refractivity contribution in [1.82, 2.24) is 9.91 Å². The zero-order valence-corrected chi connectivity index (χ0v) is 32.1. The molecule has 0 spiro atoms. The van der Waals surface area contributed by atoms with E-state index in [1.807, 2.05) is 28.7 Å². The summed E-state index contributed by atoms with van der Waals surface area (Å²) < 4.78 is 11.5. The van der Waals surface area contributed by atoms with Gasteiger partial charge in [-0.1, -0.05) is 47.0 Å². The fourth-order valence-electron chi connectivity index (χ4n) is 8.81. The number of rotatable bonds is 10. The van der Waals surface area contributed by atoms with Crippen molar-refractivity contribution in [2.45, 2.75) is 37.0 Å². The molecule has 7 rings (SSSR count). The second-order valence-corrected chi connectivity index (χ2v) is 15.6. The highest BCUT2D eigenvalue weighted by Crippen LogP contribution is 2.64. The quantitative estimate of drug-likeness (QED) is 0.122. The van der Waals surface area contributed by atoms with Crippen LogP contribution in [0.2, 0.25) is 10.0 Å². The fraction of sp³-hybridized carbons (Fsp3) is 0.342. The second kappa shape index (κ2) is 14.1. The Bertz CT molecular complexity index is 2090. The summed E-state index contributed by atoms with van der Waals surface area (Å²) in [5, 5.41) is 21.6. The summed E-state index contributed by atoms with van der Waals surface area (Å²) in [6.07, 6.45) is 2.08. The first-order valence-corrected chi connectivity index (χ1v) is 18.7. The van der Waals surface area contributed by atoms with E-state index >= 15 is 4.79 Å². The number of imide groups is 2. The molecule has 3 fully saturated rings. The second-order valence-electron chi connectivity index (χ2n) is 13.6. The number of carbonyl (C=O) groups is 5. The highest BCUT2D eigenvalue weighted by Gasteiger charge is 2.70. The maximum absolute atomic E-state index is 15.4. The average Bonchev–Trinajstić information content (AvgIpc) is 3.50. The first-order valence-electron chi connectivity index (χ1n) is 16.9. The van der Waals surface area contributed by atoms with E-state index in [2.05, 4.69) is 5.43 Å². The Morgan fingerprint density at radius 2 is 1.72 bits per heavy atom. The summed E-state index contributed by atoms with van der Waals surface area (Å²) in [5.41, 5.74) is 3.42. The van der Waals surface area contributed by atoms with Gasteiger partial charge in [0.1, 0.15) is 5.75 Å².